The van der Waals surface area contributed by atoms with Gasteiger partial charge in [0.2, 0.25) is 18.0 Å². The van der Waals surface area contributed by atoms with E-state index >= 15 is 0 Å². The van der Waals surface area contributed by atoms with E-state index in [0.29, 0.717) is 29.4 Å². The number of pyridine rings is 1. The van der Waals surface area contributed by atoms with Crippen LogP contribution in [0.1, 0.15) is 41.6 Å². The number of hydrogen-bond donors (Lipinski definition) is 1. The predicted molar refractivity (Wildman–Crippen MR) is 151 cm³/mol. The molecular formula is C30H34N6O3. The SMILES string of the molecule is COc1ccnc(OC)c1N(C[C@]1(c2ccccc2)CC[C@H](N(C)C(N)=NC#N)CC1)C(=O)c1ccccc1. The van der Waals surface area contributed by atoms with Gasteiger partial charge >= 0.3 is 0 Å². The number of nitrogens with two attached hydrogens (primary N) is 1. The number of guanidine groups is 1. The van der Waals surface area contributed by atoms with E-state index in [-0.39, 0.29) is 23.3 Å². The number of anilines is 1. The minimum Gasteiger partial charge on any atom is -0.494 e. The molecule has 202 valence electrons. The number of rotatable bonds is 8. The van der Waals surface area contributed by atoms with Crippen LogP contribution in [-0.2, 0) is 5.41 Å². The van der Waals surface area contributed by atoms with E-state index in [9.17, 15) is 4.79 Å². The maximum Gasteiger partial charge on any atom is 0.258 e. The molecular weight excluding hydrogens is 492 g/mol. The van der Waals surface area contributed by atoms with Crippen molar-refractivity contribution in [2.75, 3.05) is 32.7 Å². The molecule has 0 aliphatic heterocycles. The van der Waals surface area contributed by atoms with Crippen LogP contribution in [0.25, 0.3) is 0 Å². The molecule has 9 heteroatoms. The number of carbonyl (C=O) groups excluding carboxylic acids is 1. The summed E-state index contributed by atoms with van der Waals surface area (Å²) in [6.45, 7) is 0.390. The molecule has 3 aromatic rings. The van der Waals surface area contributed by atoms with Gasteiger partial charge in [-0.1, -0.05) is 48.5 Å². The Balaban J connectivity index is 1.79. The molecule has 0 saturated heterocycles. The second-order valence-electron chi connectivity index (χ2n) is 9.69. The highest BCUT2D eigenvalue weighted by Crippen LogP contribution is 2.45. The average molecular weight is 527 g/mol. The number of nitrogens with zero attached hydrogens (tertiary/aromatic N) is 5. The largest absolute Gasteiger partial charge is 0.494 e. The third kappa shape index (κ3) is 5.80. The number of amides is 1. The molecule has 1 aliphatic carbocycles. The zero-order valence-electron chi connectivity index (χ0n) is 22.6. The van der Waals surface area contributed by atoms with E-state index in [2.05, 4.69) is 22.1 Å². The maximum atomic E-state index is 14.2. The molecule has 0 atom stereocenters. The van der Waals surface area contributed by atoms with Crippen molar-refractivity contribution in [2.45, 2.75) is 37.1 Å². The minimum absolute atomic E-state index is 0.125. The van der Waals surface area contributed by atoms with Gasteiger partial charge in [0.15, 0.2) is 0 Å². The van der Waals surface area contributed by atoms with Gasteiger partial charge in [0.1, 0.15) is 11.4 Å². The van der Waals surface area contributed by atoms with E-state index in [1.54, 1.807) is 30.5 Å². The molecule has 1 heterocycles. The van der Waals surface area contributed by atoms with Crippen LogP contribution in [0, 0.1) is 11.5 Å². The predicted octanol–water partition coefficient (Wildman–Crippen LogP) is 4.35. The Kier molecular flexibility index (Phi) is 8.67. The lowest BCUT2D eigenvalue weighted by Gasteiger charge is -2.45. The van der Waals surface area contributed by atoms with Crippen molar-refractivity contribution < 1.29 is 14.3 Å². The van der Waals surface area contributed by atoms with Crippen molar-refractivity contribution in [1.29, 1.82) is 5.26 Å². The number of carbonyl (C=O) groups is 1. The first-order valence-electron chi connectivity index (χ1n) is 12.9. The van der Waals surface area contributed by atoms with Crippen LogP contribution in [0.2, 0.25) is 0 Å². The molecule has 0 unspecified atom stereocenters. The Labute approximate surface area is 229 Å². The first-order valence-corrected chi connectivity index (χ1v) is 12.9. The van der Waals surface area contributed by atoms with Crippen LogP contribution in [0.15, 0.2) is 77.9 Å². The third-order valence-electron chi connectivity index (χ3n) is 7.64. The number of nitriles is 1. The minimum atomic E-state index is -0.365. The summed E-state index contributed by atoms with van der Waals surface area (Å²) >= 11 is 0. The van der Waals surface area contributed by atoms with Crippen molar-refractivity contribution in [3.05, 3.63) is 84.1 Å². The molecule has 2 aromatic carbocycles. The Morgan fingerprint density at radius 1 is 1.08 bits per heavy atom. The number of hydrogen-bond acceptors (Lipinski definition) is 6. The molecule has 1 aromatic heterocycles. The van der Waals surface area contributed by atoms with E-state index in [4.69, 9.17) is 20.5 Å². The van der Waals surface area contributed by atoms with Crippen molar-refractivity contribution in [2.24, 2.45) is 10.7 Å². The molecule has 1 amide bonds. The summed E-state index contributed by atoms with van der Waals surface area (Å²) in [6.07, 6.45) is 6.56. The van der Waals surface area contributed by atoms with E-state index in [0.717, 1.165) is 31.2 Å². The van der Waals surface area contributed by atoms with Gasteiger partial charge in [-0.15, -0.1) is 4.99 Å². The monoisotopic (exact) mass is 526 g/mol. The zero-order valence-corrected chi connectivity index (χ0v) is 22.6. The van der Waals surface area contributed by atoms with Gasteiger partial charge in [-0.3, -0.25) is 9.69 Å². The van der Waals surface area contributed by atoms with Crippen LogP contribution >= 0.6 is 0 Å². The van der Waals surface area contributed by atoms with Gasteiger partial charge in [0.05, 0.1) is 14.2 Å². The van der Waals surface area contributed by atoms with Crippen molar-refractivity contribution >= 4 is 17.6 Å². The molecule has 0 bridgehead atoms. The number of aromatic nitrogens is 1. The molecule has 1 fully saturated rings. The standard InChI is InChI=1S/C30H34N6O3/c1-35(29(32)34-21-31)24-14-17-30(18-15-24,23-12-8-5-9-13-23)20-36(28(37)22-10-6-4-7-11-22)26-25(38-2)16-19-33-27(26)39-3/h4-13,16,19,24H,14-15,17-18,20H2,1-3H3,(H2,32,34)/t24-,30-. The molecule has 0 spiro atoms. The molecule has 9 nitrogen and oxygen atoms in total. The van der Waals surface area contributed by atoms with Gasteiger partial charge < -0.3 is 20.1 Å². The lowest BCUT2D eigenvalue weighted by molar-refractivity contribution is 0.0970. The second-order valence-corrected chi connectivity index (χ2v) is 9.69. The topological polar surface area (TPSA) is 117 Å². The van der Waals surface area contributed by atoms with Crippen LogP contribution in [0.5, 0.6) is 11.6 Å². The van der Waals surface area contributed by atoms with Crippen LogP contribution in [-0.4, -0.2) is 55.6 Å². The van der Waals surface area contributed by atoms with Crippen molar-refractivity contribution in [1.82, 2.24) is 9.88 Å². The molecule has 0 radical (unpaired) electrons. The normalized spacial score (nSPS) is 19.0. The number of ether oxygens (including phenoxy) is 2. The van der Waals surface area contributed by atoms with Crippen molar-refractivity contribution in [3.63, 3.8) is 0 Å². The average Bonchev–Trinajstić information content (AvgIpc) is 3.00. The lowest BCUT2D eigenvalue weighted by atomic mass is 9.67. The molecule has 2 N–H and O–H groups in total. The summed E-state index contributed by atoms with van der Waals surface area (Å²) in [4.78, 5) is 25.9. The second kappa shape index (κ2) is 12.3. The van der Waals surface area contributed by atoms with Gasteiger partial charge in [-0.2, -0.15) is 5.26 Å². The maximum absolute atomic E-state index is 14.2. The number of aliphatic imine (C=N–C) groups is 1. The molecule has 1 saturated carbocycles. The quantitative estimate of drug-likeness (QED) is 0.263. The van der Waals surface area contributed by atoms with E-state index < -0.39 is 0 Å². The first kappa shape index (κ1) is 27.5. The summed E-state index contributed by atoms with van der Waals surface area (Å²) in [6, 6.07) is 21.4. The van der Waals surface area contributed by atoms with Gasteiger partial charge in [-0.25, -0.2) is 4.98 Å². The summed E-state index contributed by atoms with van der Waals surface area (Å²) < 4.78 is 11.3. The highest BCUT2D eigenvalue weighted by Gasteiger charge is 2.42. The number of benzene rings is 2. The molecule has 4 rings (SSSR count). The summed E-state index contributed by atoms with van der Waals surface area (Å²) in [5, 5.41) is 8.95. The van der Waals surface area contributed by atoms with Crippen LogP contribution in [0.3, 0.4) is 0 Å². The van der Waals surface area contributed by atoms with Gasteiger partial charge in [0.25, 0.3) is 5.91 Å². The Morgan fingerprint density at radius 3 is 2.31 bits per heavy atom. The zero-order chi connectivity index (χ0) is 27.8. The Hall–Kier alpha value is -4.58. The lowest BCUT2D eigenvalue weighted by Crippen LogP contribution is -2.50. The van der Waals surface area contributed by atoms with Crippen molar-refractivity contribution in [3.8, 4) is 17.8 Å². The fourth-order valence-electron chi connectivity index (χ4n) is 5.46. The van der Waals surface area contributed by atoms with E-state index in [1.807, 2.05) is 60.5 Å². The highest BCUT2D eigenvalue weighted by atomic mass is 16.5. The summed E-state index contributed by atoms with van der Waals surface area (Å²) in [7, 11) is 4.98. The van der Waals surface area contributed by atoms with Gasteiger partial charge in [0, 0.05) is 42.9 Å². The van der Waals surface area contributed by atoms with Gasteiger partial charge in [-0.05, 0) is 43.4 Å². The molecule has 1 aliphatic rings. The Morgan fingerprint density at radius 2 is 1.72 bits per heavy atom. The first-order chi connectivity index (χ1) is 18.9. The highest BCUT2D eigenvalue weighted by molar-refractivity contribution is 6.07. The summed E-state index contributed by atoms with van der Waals surface area (Å²) in [5.41, 5.74) is 7.87. The van der Waals surface area contributed by atoms with Crippen LogP contribution in [0.4, 0.5) is 5.69 Å². The molecule has 39 heavy (non-hydrogen) atoms. The third-order valence-corrected chi connectivity index (χ3v) is 7.64. The fraction of sp³-hybridized carbons (Fsp3) is 0.333. The summed E-state index contributed by atoms with van der Waals surface area (Å²) in [5.74, 6) is 0.861. The number of methoxy groups -OCH3 is 2. The smallest absolute Gasteiger partial charge is 0.258 e. The fourth-order valence-corrected chi connectivity index (χ4v) is 5.46. The van der Waals surface area contributed by atoms with Crippen LogP contribution < -0.4 is 20.1 Å². The Bertz CT molecular complexity index is 1310. The van der Waals surface area contributed by atoms with E-state index in [1.165, 1.54) is 7.11 Å².